The van der Waals surface area contributed by atoms with E-state index in [0.717, 1.165) is 24.2 Å². The first-order valence-corrected chi connectivity index (χ1v) is 7.72. The Kier molecular flexibility index (Phi) is 4.97. The number of nitrogens with zero attached hydrogens (tertiary/aromatic N) is 2. The van der Waals surface area contributed by atoms with E-state index >= 15 is 0 Å². The van der Waals surface area contributed by atoms with E-state index in [9.17, 15) is 0 Å². The van der Waals surface area contributed by atoms with Crippen LogP contribution in [0.5, 0.6) is 0 Å². The predicted octanol–water partition coefficient (Wildman–Crippen LogP) is 3.46. The molecule has 0 aliphatic heterocycles. The summed E-state index contributed by atoms with van der Waals surface area (Å²) in [6.45, 7) is 9.67. The average molecular weight is 265 g/mol. The van der Waals surface area contributed by atoms with Gasteiger partial charge >= 0.3 is 0 Å². The van der Waals surface area contributed by atoms with E-state index in [2.05, 4.69) is 43.2 Å². The summed E-state index contributed by atoms with van der Waals surface area (Å²) in [6.07, 6.45) is 5.03. The average Bonchev–Trinajstić information content (AvgIpc) is 3.06. The van der Waals surface area contributed by atoms with Gasteiger partial charge in [0.1, 0.15) is 0 Å². The SMILES string of the molecule is CCNC(C)C(C)c1nc(C2CCC(CC)C2)no1. The largest absolute Gasteiger partial charge is 0.339 e. The van der Waals surface area contributed by atoms with E-state index in [0.29, 0.717) is 12.0 Å². The Morgan fingerprint density at radius 2 is 2.11 bits per heavy atom. The molecule has 1 aromatic heterocycles. The summed E-state index contributed by atoms with van der Waals surface area (Å²) in [4.78, 5) is 4.65. The van der Waals surface area contributed by atoms with Crippen molar-refractivity contribution in [2.24, 2.45) is 5.92 Å². The van der Waals surface area contributed by atoms with Gasteiger partial charge in [0.05, 0.1) is 5.92 Å². The van der Waals surface area contributed by atoms with Crippen LogP contribution >= 0.6 is 0 Å². The molecule has 1 N–H and O–H groups in total. The van der Waals surface area contributed by atoms with Crippen LogP contribution in [0.1, 0.15) is 76.9 Å². The third-order valence-corrected chi connectivity index (χ3v) is 4.61. The minimum Gasteiger partial charge on any atom is -0.339 e. The van der Waals surface area contributed by atoms with Gasteiger partial charge in [-0.25, -0.2) is 0 Å². The Bertz CT molecular complexity index is 374. The van der Waals surface area contributed by atoms with Gasteiger partial charge in [-0.2, -0.15) is 4.98 Å². The van der Waals surface area contributed by atoms with Gasteiger partial charge in [0.2, 0.25) is 5.89 Å². The highest BCUT2D eigenvalue weighted by Crippen LogP contribution is 2.38. The lowest BCUT2D eigenvalue weighted by molar-refractivity contribution is 0.328. The van der Waals surface area contributed by atoms with Crippen molar-refractivity contribution in [3.63, 3.8) is 0 Å². The topological polar surface area (TPSA) is 51.0 Å². The fourth-order valence-electron chi connectivity index (χ4n) is 2.99. The molecular weight excluding hydrogens is 238 g/mol. The van der Waals surface area contributed by atoms with E-state index in [1.807, 2.05) is 0 Å². The molecule has 0 amide bonds. The van der Waals surface area contributed by atoms with Gasteiger partial charge in [0.25, 0.3) is 0 Å². The Labute approximate surface area is 116 Å². The Hall–Kier alpha value is -0.900. The summed E-state index contributed by atoms with van der Waals surface area (Å²) in [5.41, 5.74) is 0. The standard InChI is InChI=1S/C15H27N3O/c1-5-12-7-8-13(9-12)14-17-15(19-18-14)10(3)11(4)16-6-2/h10-13,16H,5-9H2,1-4H3. The van der Waals surface area contributed by atoms with Crippen molar-refractivity contribution >= 4 is 0 Å². The molecule has 4 heteroatoms. The van der Waals surface area contributed by atoms with Crippen molar-refractivity contribution in [3.05, 3.63) is 11.7 Å². The van der Waals surface area contributed by atoms with Gasteiger partial charge in [0.15, 0.2) is 5.82 Å². The molecule has 1 saturated carbocycles. The van der Waals surface area contributed by atoms with Gasteiger partial charge in [-0.05, 0) is 38.6 Å². The third-order valence-electron chi connectivity index (χ3n) is 4.61. The zero-order valence-corrected chi connectivity index (χ0v) is 12.6. The van der Waals surface area contributed by atoms with Crippen LogP contribution in [-0.2, 0) is 0 Å². The molecule has 4 atom stereocenters. The molecule has 0 spiro atoms. The van der Waals surface area contributed by atoms with Crippen molar-refractivity contribution in [3.8, 4) is 0 Å². The summed E-state index contributed by atoms with van der Waals surface area (Å²) >= 11 is 0. The van der Waals surface area contributed by atoms with Crippen LogP contribution in [0, 0.1) is 5.92 Å². The number of hydrogen-bond donors (Lipinski definition) is 1. The first-order chi connectivity index (χ1) is 9.15. The molecule has 0 aromatic carbocycles. The monoisotopic (exact) mass is 265 g/mol. The highest BCUT2D eigenvalue weighted by Gasteiger charge is 2.29. The van der Waals surface area contributed by atoms with E-state index in [-0.39, 0.29) is 5.92 Å². The molecule has 19 heavy (non-hydrogen) atoms. The number of rotatable bonds is 6. The maximum absolute atomic E-state index is 5.47. The maximum atomic E-state index is 5.47. The van der Waals surface area contributed by atoms with Crippen LogP contribution in [0.4, 0.5) is 0 Å². The van der Waals surface area contributed by atoms with E-state index in [4.69, 9.17) is 4.52 Å². The van der Waals surface area contributed by atoms with Crippen LogP contribution in [0.25, 0.3) is 0 Å². The molecule has 1 aliphatic carbocycles. The van der Waals surface area contributed by atoms with Crippen LogP contribution in [0.3, 0.4) is 0 Å². The fraction of sp³-hybridized carbons (Fsp3) is 0.867. The zero-order chi connectivity index (χ0) is 13.8. The molecule has 1 fully saturated rings. The highest BCUT2D eigenvalue weighted by molar-refractivity contribution is 5.03. The Morgan fingerprint density at radius 1 is 1.32 bits per heavy atom. The minimum absolute atomic E-state index is 0.268. The Balaban J connectivity index is 1.99. The first kappa shape index (κ1) is 14.5. The Morgan fingerprint density at radius 3 is 2.74 bits per heavy atom. The highest BCUT2D eigenvalue weighted by atomic mass is 16.5. The molecule has 2 rings (SSSR count). The van der Waals surface area contributed by atoms with Crippen LogP contribution in [0.2, 0.25) is 0 Å². The summed E-state index contributed by atoms with van der Waals surface area (Å²) in [7, 11) is 0. The third kappa shape index (κ3) is 3.35. The van der Waals surface area contributed by atoms with E-state index in [1.54, 1.807) is 0 Å². The van der Waals surface area contributed by atoms with Gasteiger partial charge in [-0.3, -0.25) is 0 Å². The zero-order valence-electron chi connectivity index (χ0n) is 12.6. The minimum atomic E-state index is 0.268. The fourth-order valence-corrected chi connectivity index (χ4v) is 2.99. The van der Waals surface area contributed by atoms with Crippen LogP contribution in [-0.4, -0.2) is 22.7 Å². The predicted molar refractivity (Wildman–Crippen MR) is 76.2 cm³/mol. The molecule has 0 saturated heterocycles. The van der Waals surface area contributed by atoms with Gasteiger partial charge < -0.3 is 9.84 Å². The van der Waals surface area contributed by atoms with Gasteiger partial charge in [-0.15, -0.1) is 0 Å². The van der Waals surface area contributed by atoms with Crippen molar-refractivity contribution < 1.29 is 4.52 Å². The smallest absolute Gasteiger partial charge is 0.231 e. The lowest BCUT2D eigenvalue weighted by Gasteiger charge is -2.16. The summed E-state index contributed by atoms with van der Waals surface area (Å²) in [6, 6.07) is 0.366. The molecule has 1 aliphatic rings. The second kappa shape index (κ2) is 6.51. The molecule has 4 nitrogen and oxygen atoms in total. The quantitative estimate of drug-likeness (QED) is 0.855. The van der Waals surface area contributed by atoms with Crippen molar-refractivity contribution in [2.75, 3.05) is 6.54 Å². The second-order valence-corrected chi connectivity index (χ2v) is 5.91. The van der Waals surface area contributed by atoms with Gasteiger partial charge in [0, 0.05) is 12.0 Å². The summed E-state index contributed by atoms with van der Waals surface area (Å²) < 4.78 is 5.47. The number of likely N-dealkylation sites (N-methyl/N-ethyl adjacent to an activating group) is 1. The first-order valence-electron chi connectivity index (χ1n) is 7.72. The number of hydrogen-bond acceptors (Lipinski definition) is 4. The van der Waals surface area contributed by atoms with Crippen molar-refractivity contribution in [1.82, 2.24) is 15.5 Å². The van der Waals surface area contributed by atoms with E-state index < -0.39 is 0 Å². The normalized spacial score (nSPS) is 26.5. The molecular formula is C15H27N3O. The van der Waals surface area contributed by atoms with Crippen molar-refractivity contribution in [1.29, 1.82) is 0 Å². The van der Waals surface area contributed by atoms with Gasteiger partial charge in [-0.1, -0.05) is 32.3 Å². The lowest BCUT2D eigenvalue weighted by atomic mass is 10.0. The second-order valence-electron chi connectivity index (χ2n) is 5.91. The molecule has 4 unspecified atom stereocenters. The summed E-state index contributed by atoms with van der Waals surface area (Å²) in [5, 5.41) is 7.63. The van der Waals surface area contributed by atoms with Crippen LogP contribution in [0.15, 0.2) is 4.52 Å². The molecule has 108 valence electrons. The lowest BCUT2D eigenvalue weighted by Crippen LogP contribution is -2.30. The molecule has 0 bridgehead atoms. The maximum Gasteiger partial charge on any atom is 0.231 e. The van der Waals surface area contributed by atoms with Crippen LogP contribution < -0.4 is 5.32 Å². The molecule has 0 radical (unpaired) electrons. The number of nitrogens with one attached hydrogen (secondary N) is 1. The number of aromatic nitrogens is 2. The summed E-state index contributed by atoms with van der Waals surface area (Å²) in [5.74, 6) is 3.35. The molecule has 1 aromatic rings. The molecule has 1 heterocycles. The van der Waals surface area contributed by atoms with Crippen molar-refractivity contribution in [2.45, 2.75) is 71.3 Å². The van der Waals surface area contributed by atoms with E-state index in [1.165, 1.54) is 25.7 Å².